The predicted molar refractivity (Wildman–Crippen MR) is 87.4 cm³/mol. The molecule has 0 amide bonds. The van der Waals surface area contributed by atoms with Crippen LogP contribution in [0.1, 0.15) is 58.3 Å². The van der Waals surface area contributed by atoms with E-state index in [1.165, 1.54) is 43.0 Å². The molecule has 0 aliphatic rings. The van der Waals surface area contributed by atoms with Crippen LogP contribution in [-0.2, 0) is 9.47 Å². The molecule has 0 aliphatic heterocycles. The third kappa shape index (κ3) is 16.4. The molecule has 0 radical (unpaired) electrons. The second-order valence-electron chi connectivity index (χ2n) is 4.44. The number of halogens is 1. The number of alkyl halides is 1. The highest BCUT2D eigenvalue weighted by Crippen LogP contribution is 2.05. The van der Waals surface area contributed by atoms with Gasteiger partial charge in [0, 0.05) is 6.61 Å². The largest absolute Gasteiger partial charge is 0.355 e. The third-order valence-electron chi connectivity index (χ3n) is 2.66. The standard InChI is InChI=1S/C15H29IO2/c1-2-3-13-17-15-18-14-11-9-7-5-4-6-8-10-12-16/h7,9H,2-6,8,10-15H2,1H3. The number of rotatable bonds is 14. The average Bonchev–Trinajstić information content (AvgIpc) is 2.39. The van der Waals surface area contributed by atoms with Crippen LogP contribution in [0.2, 0.25) is 0 Å². The van der Waals surface area contributed by atoms with Crippen LogP contribution in [0.3, 0.4) is 0 Å². The van der Waals surface area contributed by atoms with Gasteiger partial charge in [-0.3, -0.25) is 0 Å². The van der Waals surface area contributed by atoms with Crippen molar-refractivity contribution in [2.75, 3.05) is 24.4 Å². The lowest BCUT2D eigenvalue weighted by atomic mass is 10.1. The molecule has 0 heterocycles. The molecule has 0 saturated heterocycles. The average molecular weight is 368 g/mol. The fourth-order valence-corrected chi connectivity index (χ4v) is 2.06. The van der Waals surface area contributed by atoms with Gasteiger partial charge in [-0.15, -0.1) is 0 Å². The van der Waals surface area contributed by atoms with Crippen LogP contribution in [0.25, 0.3) is 0 Å². The van der Waals surface area contributed by atoms with E-state index in [4.69, 9.17) is 9.47 Å². The van der Waals surface area contributed by atoms with Crippen molar-refractivity contribution in [1.29, 1.82) is 0 Å². The quantitative estimate of drug-likeness (QED) is 0.139. The van der Waals surface area contributed by atoms with Crippen molar-refractivity contribution in [2.45, 2.75) is 58.3 Å². The van der Waals surface area contributed by atoms with E-state index in [-0.39, 0.29) is 0 Å². The van der Waals surface area contributed by atoms with Gasteiger partial charge in [0.2, 0.25) is 0 Å². The molecule has 0 aromatic rings. The Morgan fingerprint density at radius 2 is 1.56 bits per heavy atom. The van der Waals surface area contributed by atoms with Crippen LogP contribution < -0.4 is 0 Å². The summed E-state index contributed by atoms with van der Waals surface area (Å²) in [5, 5.41) is 0. The number of hydrogen-bond donors (Lipinski definition) is 0. The van der Waals surface area contributed by atoms with E-state index in [2.05, 4.69) is 41.7 Å². The molecule has 0 aliphatic carbocycles. The maximum atomic E-state index is 5.37. The summed E-state index contributed by atoms with van der Waals surface area (Å²) in [6.07, 6.45) is 14.5. The summed E-state index contributed by atoms with van der Waals surface area (Å²) >= 11 is 2.45. The molecule has 0 rings (SSSR count). The molecule has 0 N–H and O–H groups in total. The van der Waals surface area contributed by atoms with Crippen molar-refractivity contribution in [3.8, 4) is 0 Å². The van der Waals surface area contributed by atoms with E-state index in [1.807, 2.05) is 0 Å². The Morgan fingerprint density at radius 1 is 0.833 bits per heavy atom. The second-order valence-corrected chi connectivity index (χ2v) is 5.52. The van der Waals surface area contributed by atoms with Crippen molar-refractivity contribution < 1.29 is 9.47 Å². The van der Waals surface area contributed by atoms with Crippen molar-refractivity contribution in [2.24, 2.45) is 0 Å². The van der Waals surface area contributed by atoms with Gasteiger partial charge >= 0.3 is 0 Å². The monoisotopic (exact) mass is 368 g/mol. The predicted octanol–water partition coefficient (Wildman–Crippen LogP) is 5.11. The number of ether oxygens (including phenoxy) is 2. The van der Waals surface area contributed by atoms with Crippen molar-refractivity contribution in [1.82, 2.24) is 0 Å². The maximum absolute atomic E-state index is 5.37. The minimum atomic E-state index is 0.449. The van der Waals surface area contributed by atoms with E-state index in [1.54, 1.807) is 0 Å². The molecule has 0 unspecified atom stereocenters. The summed E-state index contributed by atoms with van der Waals surface area (Å²) in [4.78, 5) is 0. The number of hydrogen-bond acceptors (Lipinski definition) is 2. The zero-order valence-corrected chi connectivity index (χ0v) is 14.0. The van der Waals surface area contributed by atoms with Crippen LogP contribution in [0.15, 0.2) is 12.2 Å². The highest BCUT2D eigenvalue weighted by Gasteiger charge is 1.88. The van der Waals surface area contributed by atoms with Crippen LogP contribution in [0.5, 0.6) is 0 Å². The van der Waals surface area contributed by atoms with Gasteiger partial charge in [-0.1, -0.05) is 60.9 Å². The zero-order chi connectivity index (χ0) is 13.3. The summed E-state index contributed by atoms with van der Waals surface area (Å²) in [7, 11) is 0. The molecule has 0 aromatic heterocycles. The molecule has 0 aromatic carbocycles. The van der Waals surface area contributed by atoms with Gasteiger partial charge in [0.15, 0.2) is 0 Å². The van der Waals surface area contributed by atoms with Crippen LogP contribution in [-0.4, -0.2) is 24.4 Å². The normalized spacial score (nSPS) is 11.4. The molecule has 0 atom stereocenters. The Labute approximate surface area is 127 Å². The van der Waals surface area contributed by atoms with Crippen molar-refractivity contribution in [3.63, 3.8) is 0 Å². The van der Waals surface area contributed by atoms with Gasteiger partial charge in [0.25, 0.3) is 0 Å². The first kappa shape index (κ1) is 18.4. The minimum absolute atomic E-state index is 0.449. The van der Waals surface area contributed by atoms with E-state index in [0.717, 1.165) is 26.1 Å². The number of allylic oxidation sites excluding steroid dienone is 1. The van der Waals surface area contributed by atoms with Gasteiger partial charge in [0.05, 0.1) is 6.61 Å². The van der Waals surface area contributed by atoms with E-state index in [0.29, 0.717) is 6.79 Å². The van der Waals surface area contributed by atoms with Gasteiger partial charge in [-0.2, -0.15) is 0 Å². The van der Waals surface area contributed by atoms with E-state index >= 15 is 0 Å². The maximum Gasteiger partial charge on any atom is 0.146 e. The Hall–Kier alpha value is 0.390. The first-order valence-corrected chi connectivity index (χ1v) is 8.80. The van der Waals surface area contributed by atoms with Gasteiger partial charge in [0.1, 0.15) is 6.79 Å². The molecule has 108 valence electrons. The van der Waals surface area contributed by atoms with Gasteiger partial charge in [-0.05, 0) is 36.5 Å². The van der Waals surface area contributed by atoms with E-state index in [9.17, 15) is 0 Å². The topological polar surface area (TPSA) is 18.5 Å². The molecule has 0 spiro atoms. The SMILES string of the molecule is CCCCOCOCCC=CCCCCCCI. The molecule has 0 bridgehead atoms. The molecule has 0 saturated carbocycles. The lowest BCUT2D eigenvalue weighted by Crippen LogP contribution is -2.02. The Morgan fingerprint density at radius 3 is 2.33 bits per heavy atom. The summed E-state index contributed by atoms with van der Waals surface area (Å²) in [6.45, 7) is 4.21. The Bertz CT molecular complexity index is 172. The van der Waals surface area contributed by atoms with Gasteiger partial charge < -0.3 is 9.47 Å². The second kappa shape index (κ2) is 17.4. The minimum Gasteiger partial charge on any atom is -0.355 e. The molecule has 18 heavy (non-hydrogen) atoms. The Balaban J connectivity index is 3.00. The van der Waals surface area contributed by atoms with Crippen LogP contribution in [0, 0.1) is 0 Å². The van der Waals surface area contributed by atoms with E-state index < -0.39 is 0 Å². The first-order chi connectivity index (χ1) is 8.91. The smallest absolute Gasteiger partial charge is 0.146 e. The lowest BCUT2D eigenvalue weighted by Gasteiger charge is -2.03. The summed E-state index contributed by atoms with van der Waals surface area (Å²) in [5.74, 6) is 0. The third-order valence-corrected chi connectivity index (χ3v) is 3.42. The van der Waals surface area contributed by atoms with Crippen molar-refractivity contribution in [3.05, 3.63) is 12.2 Å². The highest BCUT2D eigenvalue weighted by atomic mass is 127. The molecular weight excluding hydrogens is 339 g/mol. The molecule has 2 nitrogen and oxygen atoms in total. The number of unbranched alkanes of at least 4 members (excludes halogenated alkanes) is 5. The summed E-state index contributed by atoms with van der Waals surface area (Å²) in [5.41, 5.74) is 0. The fraction of sp³-hybridized carbons (Fsp3) is 0.867. The lowest BCUT2D eigenvalue weighted by molar-refractivity contribution is -0.0528. The molecule has 0 fully saturated rings. The summed E-state index contributed by atoms with van der Waals surface area (Å²) in [6, 6.07) is 0. The first-order valence-electron chi connectivity index (χ1n) is 7.28. The van der Waals surface area contributed by atoms with Crippen LogP contribution >= 0.6 is 22.6 Å². The van der Waals surface area contributed by atoms with Crippen LogP contribution in [0.4, 0.5) is 0 Å². The summed E-state index contributed by atoms with van der Waals surface area (Å²) < 4.78 is 12.0. The zero-order valence-electron chi connectivity index (χ0n) is 11.8. The highest BCUT2D eigenvalue weighted by molar-refractivity contribution is 14.1. The van der Waals surface area contributed by atoms with Crippen molar-refractivity contribution >= 4 is 22.6 Å². The Kier molecular flexibility index (Phi) is 17.8. The molecule has 3 heteroatoms. The molecular formula is C15H29IO2. The fourth-order valence-electron chi connectivity index (χ4n) is 1.52. The van der Waals surface area contributed by atoms with Gasteiger partial charge in [-0.25, -0.2) is 0 Å².